The first-order chi connectivity index (χ1) is 7.16. The fraction of sp³-hybridized carbons (Fsp3) is 0.545. The minimum Gasteiger partial charge on any atom is -0.464 e. The quantitative estimate of drug-likeness (QED) is 0.798. The third kappa shape index (κ3) is 2.21. The fourth-order valence-electron chi connectivity index (χ4n) is 1.66. The summed E-state index contributed by atoms with van der Waals surface area (Å²) in [6, 6.07) is 3.83. The predicted octanol–water partition coefficient (Wildman–Crippen LogP) is 0.766. The van der Waals surface area contributed by atoms with Gasteiger partial charge in [-0.3, -0.25) is 4.79 Å². The Balaban J connectivity index is 1.91. The maximum atomic E-state index is 11.8. The highest BCUT2D eigenvalue weighted by Gasteiger charge is 2.27. The first-order valence-corrected chi connectivity index (χ1v) is 5.18. The lowest BCUT2D eigenvalue weighted by atomic mass is 10.0. The van der Waals surface area contributed by atoms with Gasteiger partial charge in [0, 0.05) is 20.1 Å². The van der Waals surface area contributed by atoms with Crippen molar-refractivity contribution >= 4 is 5.91 Å². The molecule has 1 fully saturated rings. The van der Waals surface area contributed by atoms with Crippen LogP contribution < -0.4 is 5.32 Å². The van der Waals surface area contributed by atoms with Gasteiger partial charge in [-0.05, 0) is 19.1 Å². The van der Waals surface area contributed by atoms with Crippen LogP contribution >= 0.6 is 0 Å². The molecule has 1 aromatic rings. The van der Waals surface area contributed by atoms with Gasteiger partial charge in [0.15, 0.2) is 0 Å². The number of hydrogen-bond donors (Lipinski definition) is 1. The van der Waals surface area contributed by atoms with Crippen molar-refractivity contribution in [2.24, 2.45) is 5.92 Å². The second-order valence-corrected chi connectivity index (χ2v) is 4.06. The number of carbonyl (C=O) groups excluding carboxylic acids is 1. The zero-order valence-corrected chi connectivity index (χ0v) is 9.12. The van der Waals surface area contributed by atoms with E-state index in [0.29, 0.717) is 6.54 Å². The van der Waals surface area contributed by atoms with Gasteiger partial charge in [-0.15, -0.1) is 0 Å². The van der Waals surface area contributed by atoms with E-state index in [1.165, 1.54) is 0 Å². The summed E-state index contributed by atoms with van der Waals surface area (Å²) < 4.78 is 5.43. The molecule has 0 saturated carbocycles. The number of aryl methyl sites for hydroxylation is 1. The number of nitrogens with zero attached hydrogens (tertiary/aromatic N) is 1. The topological polar surface area (TPSA) is 45.5 Å². The van der Waals surface area contributed by atoms with Crippen molar-refractivity contribution in [3.63, 3.8) is 0 Å². The molecule has 1 amide bonds. The van der Waals surface area contributed by atoms with Crippen molar-refractivity contribution in [1.82, 2.24) is 10.2 Å². The minimum atomic E-state index is 0.158. The van der Waals surface area contributed by atoms with Crippen LogP contribution in [0, 0.1) is 12.8 Å². The minimum absolute atomic E-state index is 0.158. The van der Waals surface area contributed by atoms with Crippen molar-refractivity contribution in [3.05, 3.63) is 23.7 Å². The van der Waals surface area contributed by atoms with E-state index >= 15 is 0 Å². The van der Waals surface area contributed by atoms with Crippen molar-refractivity contribution < 1.29 is 9.21 Å². The molecule has 82 valence electrons. The molecule has 0 aliphatic carbocycles. The van der Waals surface area contributed by atoms with Crippen LogP contribution in [-0.2, 0) is 11.3 Å². The molecule has 0 bridgehead atoms. The van der Waals surface area contributed by atoms with Crippen molar-refractivity contribution in [1.29, 1.82) is 0 Å². The molecule has 1 aliphatic rings. The average Bonchev–Trinajstić information content (AvgIpc) is 2.48. The molecule has 0 aromatic carbocycles. The molecule has 2 heterocycles. The van der Waals surface area contributed by atoms with Gasteiger partial charge in [0.05, 0.1) is 12.5 Å². The number of nitrogens with one attached hydrogen (secondary N) is 1. The Labute approximate surface area is 89.2 Å². The smallest absolute Gasteiger partial charge is 0.228 e. The maximum Gasteiger partial charge on any atom is 0.228 e. The number of hydrogen-bond acceptors (Lipinski definition) is 3. The largest absolute Gasteiger partial charge is 0.464 e. The lowest BCUT2D eigenvalue weighted by Gasteiger charge is -2.29. The number of amides is 1. The third-order valence-electron chi connectivity index (χ3n) is 2.70. The standard InChI is InChI=1S/C11H16N2O2/c1-8-3-4-10(15-8)7-13(2)11(14)9-5-12-6-9/h3-4,9,12H,5-7H2,1-2H3. The van der Waals surface area contributed by atoms with E-state index in [1.54, 1.807) is 4.90 Å². The number of furan rings is 1. The maximum absolute atomic E-state index is 11.8. The number of rotatable bonds is 3. The molecule has 1 saturated heterocycles. The lowest BCUT2D eigenvalue weighted by Crippen LogP contribution is -2.50. The highest BCUT2D eigenvalue weighted by molar-refractivity contribution is 5.79. The van der Waals surface area contributed by atoms with Crippen LogP contribution in [0.5, 0.6) is 0 Å². The van der Waals surface area contributed by atoms with E-state index < -0.39 is 0 Å². The fourth-order valence-corrected chi connectivity index (χ4v) is 1.66. The molecule has 1 aromatic heterocycles. The summed E-state index contributed by atoms with van der Waals surface area (Å²) in [4.78, 5) is 13.5. The summed E-state index contributed by atoms with van der Waals surface area (Å²) >= 11 is 0. The van der Waals surface area contributed by atoms with Gasteiger partial charge in [0.1, 0.15) is 11.5 Å². The van der Waals surface area contributed by atoms with Crippen LogP contribution in [0.3, 0.4) is 0 Å². The van der Waals surface area contributed by atoms with Crippen LogP contribution in [0.25, 0.3) is 0 Å². The second kappa shape index (κ2) is 4.06. The van der Waals surface area contributed by atoms with Gasteiger partial charge in [0.25, 0.3) is 0 Å². The lowest BCUT2D eigenvalue weighted by molar-refractivity contribution is -0.136. The Hall–Kier alpha value is -1.29. The molecule has 4 heteroatoms. The Morgan fingerprint density at radius 2 is 2.33 bits per heavy atom. The SMILES string of the molecule is Cc1ccc(CN(C)C(=O)C2CNC2)o1. The summed E-state index contributed by atoms with van der Waals surface area (Å²) in [6.45, 7) is 4.07. The van der Waals surface area contributed by atoms with Gasteiger partial charge in [-0.2, -0.15) is 0 Å². The van der Waals surface area contributed by atoms with E-state index in [-0.39, 0.29) is 11.8 Å². The van der Waals surface area contributed by atoms with Crippen LogP contribution in [0.2, 0.25) is 0 Å². The van der Waals surface area contributed by atoms with Crippen molar-refractivity contribution in [2.45, 2.75) is 13.5 Å². The van der Waals surface area contributed by atoms with Gasteiger partial charge >= 0.3 is 0 Å². The van der Waals surface area contributed by atoms with E-state index in [9.17, 15) is 4.79 Å². The van der Waals surface area contributed by atoms with Crippen LogP contribution in [-0.4, -0.2) is 30.9 Å². The van der Waals surface area contributed by atoms with Crippen LogP contribution in [0.4, 0.5) is 0 Å². The molecule has 1 aliphatic heterocycles. The first-order valence-electron chi connectivity index (χ1n) is 5.18. The first kappa shape index (κ1) is 10.2. The average molecular weight is 208 g/mol. The molecule has 4 nitrogen and oxygen atoms in total. The van der Waals surface area contributed by atoms with E-state index in [1.807, 2.05) is 26.1 Å². The Morgan fingerprint density at radius 1 is 1.60 bits per heavy atom. The normalized spacial score (nSPS) is 16.1. The number of carbonyl (C=O) groups is 1. The molecular formula is C11H16N2O2. The Bertz CT molecular complexity index is 355. The zero-order valence-electron chi connectivity index (χ0n) is 9.12. The molecule has 0 atom stereocenters. The second-order valence-electron chi connectivity index (χ2n) is 4.06. The van der Waals surface area contributed by atoms with Crippen LogP contribution in [0.15, 0.2) is 16.5 Å². The van der Waals surface area contributed by atoms with E-state index in [0.717, 1.165) is 24.6 Å². The molecule has 0 radical (unpaired) electrons. The molecule has 0 spiro atoms. The summed E-state index contributed by atoms with van der Waals surface area (Å²) in [5.74, 6) is 2.08. The Kier molecular flexibility index (Phi) is 2.77. The van der Waals surface area contributed by atoms with Gasteiger partial charge < -0.3 is 14.6 Å². The molecule has 2 rings (SSSR count). The molecule has 15 heavy (non-hydrogen) atoms. The third-order valence-corrected chi connectivity index (χ3v) is 2.70. The monoisotopic (exact) mass is 208 g/mol. The highest BCUT2D eigenvalue weighted by Crippen LogP contribution is 2.12. The van der Waals surface area contributed by atoms with Gasteiger partial charge in [0.2, 0.25) is 5.91 Å². The zero-order chi connectivity index (χ0) is 10.8. The van der Waals surface area contributed by atoms with Gasteiger partial charge in [-0.25, -0.2) is 0 Å². The Morgan fingerprint density at radius 3 is 2.80 bits per heavy atom. The molecule has 0 unspecified atom stereocenters. The van der Waals surface area contributed by atoms with E-state index in [4.69, 9.17) is 4.42 Å². The summed E-state index contributed by atoms with van der Waals surface area (Å²) in [6.07, 6.45) is 0. The predicted molar refractivity (Wildman–Crippen MR) is 56.3 cm³/mol. The summed E-state index contributed by atoms with van der Waals surface area (Å²) in [5, 5.41) is 3.09. The highest BCUT2D eigenvalue weighted by atomic mass is 16.3. The molecule has 1 N–H and O–H groups in total. The van der Waals surface area contributed by atoms with Crippen molar-refractivity contribution in [2.75, 3.05) is 20.1 Å². The molecular weight excluding hydrogens is 192 g/mol. The van der Waals surface area contributed by atoms with Gasteiger partial charge in [-0.1, -0.05) is 0 Å². The summed E-state index contributed by atoms with van der Waals surface area (Å²) in [5.41, 5.74) is 0. The van der Waals surface area contributed by atoms with Crippen LogP contribution in [0.1, 0.15) is 11.5 Å². The van der Waals surface area contributed by atoms with E-state index in [2.05, 4.69) is 5.32 Å². The van der Waals surface area contributed by atoms with Crippen molar-refractivity contribution in [3.8, 4) is 0 Å². The summed E-state index contributed by atoms with van der Waals surface area (Å²) in [7, 11) is 1.82.